The van der Waals surface area contributed by atoms with Gasteiger partial charge in [0.15, 0.2) is 0 Å². The van der Waals surface area contributed by atoms with Crippen LogP contribution in [0.1, 0.15) is 40.0 Å². The first-order valence-corrected chi connectivity index (χ1v) is 12.8. The summed E-state index contributed by atoms with van der Waals surface area (Å²) in [6, 6.07) is 17.1. The summed E-state index contributed by atoms with van der Waals surface area (Å²) in [5.41, 5.74) is 2.13. The Kier molecular flexibility index (Phi) is 6.95. The molecule has 0 N–H and O–H groups in total. The zero-order valence-corrected chi connectivity index (χ0v) is 19.5. The lowest BCUT2D eigenvalue weighted by atomic mass is 9.97. The molecule has 0 atom stereocenters. The number of para-hydroxylation sites is 1. The number of ether oxygens (including phenoxy) is 1. The number of carbonyl (C=O) groups is 2. The summed E-state index contributed by atoms with van der Waals surface area (Å²) >= 11 is 0. The van der Waals surface area contributed by atoms with E-state index in [0.29, 0.717) is 48.8 Å². The Morgan fingerprint density at radius 3 is 2.36 bits per heavy atom. The fourth-order valence-electron chi connectivity index (χ4n) is 4.44. The summed E-state index contributed by atoms with van der Waals surface area (Å²) in [4.78, 5) is 25.4. The standard InChI is InChI=1S/C25H28N2O5S/c1-32-25(29)22-18-27(23-12-6-5-11-21(22)23)24(28)20-13-15-26(16-14-20)33(30,31)17-7-10-19-8-3-2-4-9-19/h2-6,8-9,11-12,18,20H,7,10,13-17H2,1H3. The van der Waals surface area contributed by atoms with E-state index >= 15 is 0 Å². The van der Waals surface area contributed by atoms with Crippen molar-refractivity contribution in [1.29, 1.82) is 0 Å². The van der Waals surface area contributed by atoms with Gasteiger partial charge < -0.3 is 4.74 Å². The first-order valence-electron chi connectivity index (χ1n) is 11.1. The van der Waals surface area contributed by atoms with Crippen LogP contribution in [0.3, 0.4) is 0 Å². The fourth-order valence-corrected chi connectivity index (χ4v) is 5.98. The molecule has 0 aliphatic carbocycles. The monoisotopic (exact) mass is 468 g/mol. The minimum absolute atomic E-state index is 0.102. The van der Waals surface area contributed by atoms with Gasteiger partial charge in [-0.3, -0.25) is 9.36 Å². The average molecular weight is 469 g/mol. The van der Waals surface area contributed by atoms with Crippen molar-refractivity contribution >= 4 is 32.8 Å². The predicted octanol–water partition coefficient (Wildman–Crippen LogP) is 3.74. The third-order valence-corrected chi connectivity index (χ3v) is 8.22. The van der Waals surface area contributed by atoms with Crippen molar-refractivity contribution in [3.8, 4) is 0 Å². The van der Waals surface area contributed by atoms with E-state index in [9.17, 15) is 18.0 Å². The zero-order valence-electron chi connectivity index (χ0n) is 18.6. The summed E-state index contributed by atoms with van der Waals surface area (Å²) < 4.78 is 33.5. The van der Waals surface area contributed by atoms with Crippen molar-refractivity contribution in [2.24, 2.45) is 5.92 Å². The highest BCUT2D eigenvalue weighted by Crippen LogP contribution is 2.27. The van der Waals surface area contributed by atoms with Gasteiger partial charge in [0.05, 0.1) is 23.9 Å². The van der Waals surface area contributed by atoms with E-state index in [-0.39, 0.29) is 17.6 Å². The number of aryl methyl sites for hydroxylation is 1. The van der Waals surface area contributed by atoms with Gasteiger partial charge in [-0.1, -0.05) is 48.5 Å². The summed E-state index contributed by atoms with van der Waals surface area (Å²) in [6.07, 6.45) is 3.73. The van der Waals surface area contributed by atoms with E-state index in [1.54, 1.807) is 12.1 Å². The zero-order chi connectivity index (χ0) is 23.4. The van der Waals surface area contributed by atoms with E-state index in [4.69, 9.17) is 4.74 Å². The maximum Gasteiger partial charge on any atom is 0.340 e. The summed E-state index contributed by atoms with van der Waals surface area (Å²) in [7, 11) is -2.05. The second-order valence-electron chi connectivity index (χ2n) is 8.34. The topological polar surface area (TPSA) is 85.7 Å². The Morgan fingerprint density at radius 2 is 1.67 bits per heavy atom. The molecule has 3 aromatic rings. The van der Waals surface area contributed by atoms with Gasteiger partial charge in [-0.15, -0.1) is 0 Å². The predicted molar refractivity (Wildman–Crippen MR) is 127 cm³/mol. The number of methoxy groups -OCH3 is 1. The number of piperidine rings is 1. The Bertz CT molecular complexity index is 1240. The van der Waals surface area contributed by atoms with Gasteiger partial charge >= 0.3 is 5.97 Å². The van der Waals surface area contributed by atoms with Crippen molar-refractivity contribution in [2.75, 3.05) is 26.0 Å². The summed E-state index contributed by atoms with van der Waals surface area (Å²) in [5.74, 6) is -0.815. The number of hydrogen-bond donors (Lipinski definition) is 0. The molecule has 0 unspecified atom stereocenters. The molecule has 0 radical (unpaired) electrons. The Hall–Kier alpha value is -2.97. The Morgan fingerprint density at radius 1 is 1.00 bits per heavy atom. The van der Waals surface area contributed by atoms with Crippen LogP contribution in [-0.2, 0) is 21.2 Å². The van der Waals surface area contributed by atoms with Crippen molar-refractivity contribution in [1.82, 2.24) is 8.87 Å². The number of nitrogens with zero attached hydrogens (tertiary/aromatic N) is 2. The molecule has 2 heterocycles. The normalized spacial score (nSPS) is 15.5. The van der Waals surface area contributed by atoms with Crippen molar-refractivity contribution in [3.05, 3.63) is 71.9 Å². The molecule has 2 aromatic carbocycles. The largest absolute Gasteiger partial charge is 0.465 e. The average Bonchev–Trinajstić information content (AvgIpc) is 3.23. The lowest BCUT2D eigenvalue weighted by molar-refractivity contribution is 0.0603. The van der Waals surface area contributed by atoms with E-state index in [0.717, 1.165) is 12.0 Å². The van der Waals surface area contributed by atoms with E-state index in [2.05, 4.69) is 0 Å². The first kappa shape index (κ1) is 23.2. The third kappa shape index (κ3) is 5.02. The fraction of sp³-hybridized carbons (Fsp3) is 0.360. The van der Waals surface area contributed by atoms with Crippen molar-refractivity contribution in [2.45, 2.75) is 25.7 Å². The second-order valence-corrected chi connectivity index (χ2v) is 10.4. The van der Waals surface area contributed by atoms with Crippen LogP contribution in [0.5, 0.6) is 0 Å². The van der Waals surface area contributed by atoms with Gasteiger partial charge in [0.1, 0.15) is 0 Å². The molecule has 0 amide bonds. The van der Waals surface area contributed by atoms with Crippen LogP contribution in [0.15, 0.2) is 60.8 Å². The van der Waals surface area contributed by atoms with Crippen LogP contribution in [0, 0.1) is 5.92 Å². The first-order chi connectivity index (χ1) is 15.9. The maximum absolute atomic E-state index is 13.3. The third-order valence-electron chi connectivity index (χ3n) is 6.26. The molecule has 0 bridgehead atoms. The molecule has 0 spiro atoms. The summed E-state index contributed by atoms with van der Waals surface area (Å²) in [6.45, 7) is 0.653. The molecule has 0 saturated carbocycles. The smallest absolute Gasteiger partial charge is 0.340 e. The SMILES string of the molecule is COC(=O)c1cn(C(=O)C2CCN(S(=O)(=O)CCCc3ccccc3)CC2)c2ccccc12. The minimum Gasteiger partial charge on any atom is -0.465 e. The number of rotatable bonds is 7. The molecule has 1 aliphatic heterocycles. The van der Waals surface area contributed by atoms with E-state index in [1.165, 1.54) is 22.2 Å². The highest BCUT2D eigenvalue weighted by Gasteiger charge is 2.32. The minimum atomic E-state index is -3.36. The van der Waals surface area contributed by atoms with Crippen molar-refractivity contribution in [3.63, 3.8) is 0 Å². The number of carbonyl (C=O) groups excluding carboxylic acids is 2. The Balaban J connectivity index is 1.40. The number of fused-ring (bicyclic) bond motifs is 1. The molecule has 33 heavy (non-hydrogen) atoms. The van der Waals surface area contributed by atoms with Gasteiger partial charge in [0, 0.05) is 30.6 Å². The number of esters is 1. The molecule has 1 aromatic heterocycles. The quantitative estimate of drug-likeness (QED) is 0.493. The lowest BCUT2D eigenvalue weighted by Crippen LogP contribution is -2.42. The summed E-state index contributed by atoms with van der Waals surface area (Å²) in [5, 5.41) is 0.663. The van der Waals surface area contributed by atoms with Gasteiger partial charge in [-0.05, 0) is 37.3 Å². The highest BCUT2D eigenvalue weighted by atomic mass is 32.2. The van der Waals surface area contributed by atoms with Gasteiger partial charge in [-0.25, -0.2) is 17.5 Å². The van der Waals surface area contributed by atoms with Crippen LogP contribution in [0.2, 0.25) is 0 Å². The van der Waals surface area contributed by atoms with Crippen LogP contribution < -0.4 is 0 Å². The van der Waals surface area contributed by atoms with Crippen LogP contribution in [0.25, 0.3) is 10.9 Å². The van der Waals surface area contributed by atoms with Gasteiger partial charge in [0.25, 0.3) is 0 Å². The maximum atomic E-state index is 13.3. The molecule has 4 rings (SSSR count). The molecule has 1 saturated heterocycles. The van der Waals surface area contributed by atoms with E-state index in [1.807, 2.05) is 42.5 Å². The molecule has 1 fully saturated rings. The lowest BCUT2D eigenvalue weighted by Gasteiger charge is -2.30. The van der Waals surface area contributed by atoms with Crippen molar-refractivity contribution < 1.29 is 22.7 Å². The van der Waals surface area contributed by atoms with Crippen LogP contribution in [0.4, 0.5) is 0 Å². The van der Waals surface area contributed by atoms with Gasteiger partial charge in [-0.2, -0.15) is 0 Å². The van der Waals surface area contributed by atoms with Crippen LogP contribution in [-0.4, -0.2) is 55.1 Å². The Labute approximate surface area is 194 Å². The molecule has 7 nitrogen and oxygen atoms in total. The van der Waals surface area contributed by atoms with Crippen LogP contribution >= 0.6 is 0 Å². The van der Waals surface area contributed by atoms with E-state index < -0.39 is 16.0 Å². The molecule has 8 heteroatoms. The molecule has 174 valence electrons. The number of sulfonamides is 1. The molecular weight excluding hydrogens is 440 g/mol. The van der Waals surface area contributed by atoms with Gasteiger partial charge in [0.2, 0.25) is 15.9 Å². The molecule has 1 aliphatic rings. The molecular formula is C25H28N2O5S. The second kappa shape index (κ2) is 9.89. The number of hydrogen-bond acceptors (Lipinski definition) is 5. The number of aromatic nitrogens is 1. The highest BCUT2D eigenvalue weighted by molar-refractivity contribution is 7.89. The number of benzene rings is 2.